The van der Waals surface area contributed by atoms with Crippen LogP contribution in [0, 0.1) is 0 Å². The first-order valence-corrected chi connectivity index (χ1v) is 5.37. The van der Waals surface area contributed by atoms with Gasteiger partial charge < -0.3 is 0 Å². The molecule has 1 rings (SSSR count). The van der Waals surface area contributed by atoms with E-state index in [4.69, 9.17) is 0 Å². The third-order valence-electron chi connectivity index (χ3n) is 1.70. The molecule has 1 unspecified atom stereocenters. The van der Waals surface area contributed by atoms with Crippen LogP contribution in [0.2, 0.25) is 0 Å². The van der Waals surface area contributed by atoms with E-state index in [1.165, 1.54) is 0 Å². The maximum absolute atomic E-state index is 4.24. The maximum Gasteiger partial charge on any atom is 0.0562 e. The number of hydrogen-bond donors (Lipinski definition) is 0. The van der Waals surface area contributed by atoms with Crippen LogP contribution >= 0.6 is 15.9 Å². The fourth-order valence-electron chi connectivity index (χ4n) is 0.965. The Morgan fingerprint density at radius 3 is 2.62 bits per heavy atom. The Labute approximate surface area is 87.8 Å². The quantitative estimate of drug-likeness (QED) is 0.745. The molecule has 0 saturated heterocycles. The summed E-state index contributed by atoms with van der Waals surface area (Å²) in [6, 6.07) is 0.434. The summed E-state index contributed by atoms with van der Waals surface area (Å²) in [4.78, 5) is 0.412. The number of halogens is 1. The first kappa shape index (κ1) is 10.5. The van der Waals surface area contributed by atoms with E-state index in [0.717, 1.165) is 5.56 Å². The summed E-state index contributed by atoms with van der Waals surface area (Å²) < 4.78 is 1.96. The predicted molar refractivity (Wildman–Crippen MR) is 60.0 cm³/mol. The Balaban J connectivity index is 2.69. The molecule has 1 aromatic heterocycles. The zero-order valence-electron chi connectivity index (χ0n) is 8.24. The molecular formula is C10H15BrN2. The van der Waals surface area contributed by atoms with Crippen molar-refractivity contribution in [3.63, 3.8) is 0 Å². The van der Waals surface area contributed by atoms with Gasteiger partial charge in [0, 0.05) is 22.6 Å². The lowest BCUT2D eigenvalue weighted by molar-refractivity contribution is 0.532. The van der Waals surface area contributed by atoms with Gasteiger partial charge in [-0.25, -0.2) is 0 Å². The van der Waals surface area contributed by atoms with Gasteiger partial charge in [0.05, 0.1) is 6.20 Å². The van der Waals surface area contributed by atoms with E-state index < -0.39 is 0 Å². The van der Waals surface area contributed by atoms with Crippen LogP contribution in [0.3, 0.4) is 0 Å². The minimum Gasteiger partial charge on any atom is -0.270 e. The lowest BCUT2D eigenvalue weighted by atomic mass is 10.3. The van der Waals surface area contributed by atoms with Gasteiger partial charge in [0.1, 0.15) is 0 Å². The fourth-order valence-corrected chi connectivity index (χ4v) is 1.12. The van der Waals surface area contributed by atoms with Crippen molar-refractivity contribution < 1.29 is 0 Å². The second kappa shape index (κ2) is 4.61. The first-order valence-electron chi connectivity index (χ1n) is 4.46. The van der Waals surface area contributed by atoms with E-state index in [1.54, 1.807) is 0 Å². The van der Waals surface area contributed by atoms with Crippen molar-refractivity contribution >= 4 is 22.0 Å². The molecule has 0 N–H and O–H groups in total. The topological polar surface area (TPSA) is 17.8 Å². The zero-order valence-corrected chi connectivity index (χ0v) is 9.82. The van der Waals surface area contributed by atoms with Gasteiger partial charge >= 0.3 is 0 Å². The molecule has 0 aliphatic rings. The Morgan fingerprint density at radius 2 is 2.15 bits per heavy atom. The number of aromatic nitrogens is 2. The molecule has 2 nitrogen and oxygen atoms in total. The Hall–Kier alpha value is -0.570. The molecule has 0 spiro atoms. The average Bonchev–Trinajstić information content (AvgIpc) is 2.48. The molecule has 3 heteroatoms. The van der Waals surface area contributed by atoms with Gasteiger partial charge in [0.25, 0.3) is 0 Å². The normalized spacial score (nSPS) is 14.2. The molecular weight excluding hydrogens is 228 g/mol. The van der Waals surface area contributed by atoms with Gasteiger partial charge in [-0.1, -0.05) is 28.1 Å². The minimum absolute atomic E-state index is 0.412. The van der Waals surface area contributed by atoms with Gasteiger partial charge in [-0.15, -0.1) is 0 Å². The number of nitrogens with zero attached hydrogens (tertiary/aromatic N) is 2. The molecule has 13 heavy (non-hydrogen) atoms. The van der Waals surface area contributed by atoms with Crippen LogP contribution in [0.25, 0.3) is 6.08 Å². The van der Waals surface area contributed by atoms with E-state index in [2.05, 4.69) is 60.1 Å². The van der Waals surface area contributed by atoms with E-state index >= 15 is 0 Å². The Morgan fingerprint density at radius 1 is 1.46 bits per heavy atom. The monoisotopic (exact) mass is 242 g/mol. The summed E-state index contributed by atoms with van der Waals surface area (Å²) >= 11 is 3.45. The number of hydrogen-bond acceptors (Lipinski definition) is 1. The highest BCUT2D eigenvalue weighted by molar-refractivity contribution is 9.09. The molecule has 0 aromatic carbocycles. The highest BCUT2D eigenvalue weighted by Crippen LogP contribution is 2.08. The van der Waals surface area contributed by atoms with Gasteiger partial charge in [0.2, 0.25) is 0 Å². The van der Waals surface area contributed by atoms with Gasteiger partial charge in [-0.3, -0.25) is 4.68 Å². The third-order valence-corrected chi connectivity index (χ3v) is 2.01. The van der Waals surface area contributed by atoms with Crippen molar-refractivity contribution in [3.05, 3.63) is 24.0 Å². The van der Waals surface area contributed by atoms with E-state index in [0.29, 0.717) is 10.9 Å². The summed E-state index contributed by atoms with van der Waals surface area (Å²) in [7, 11) is 0. The first-order chi connectivity index (χ1) is 6.09. The van der Waals surface area contributed by atoms with Crippen molar-refractivity contribution in [2.45, 2.75) is 31.6 Å². The summed E-state index contributed by atoms with van der Waals surface area (Å²) in [5.41, 5.74) is 1.15. The SMILES string of the molecule is CC(Br)/C=C/c1cnn(C(C)C)c1. The summed E-state index contributed by atoms with van der Waals surface area (Å²) in [6.45, 7) is 6.32. The third kappa shape index (κ3) is 3.35. The predicted octanol–water partition coefficient (Wildman–Crippen LogP) is 3.26. The molecule has 72 valence electrons. The second-order valence-corrected chi connectivity index (χ2v) is 4.83. The molecule has 1 atom stereocenters. The largest absolute Gasteiger partial charge is 0.270 e. The number of alkyl halides is 1. The van der Waals surface area contributed by atoms with Crippen molar-refractivity contribution in [3.8, 4) is 0 Å². The maximum atomic E-state index is 4.24. The van der Waals surface area contributed by atoms with E-state index in [1.807, 2.05) is 10.9 Å². The molecule has 1 aromatic rings. The lowest BCUT2D eigenvalue weighted by Crippen LogP contribution is -1.99. The van der Waals surface area contributed by atoms with Gasteiger partial charge in [-0.2, -0.15) is 5.10 Å². The molecule has 0 aliphatic heterocycles. The summed E-state index contributed by atoms with van der Waals surface area (Å²) in [5.74, 6) is 0. The molecule has 0 amide bonds. The number of rotatable bonds is 3. The molecule has 1 heterocycles. The highest BCUT2D eigenvalue weighted by Gasteiger charge is 1.98. The standard InChI is InChI=1S/C10H15BrN2/c1-8(2)13-7-10(6-12-13)5-4-9(3)11/h4-9H,1-3H3/b5-4+. The van der Waals surface area contributed by atoms with Crippen LogP contribution < -0.4 is 0 Å². The van der Waals surface area contributed by atoms with Crippen molar-refractivity contribution in [2.75, 3.05) is 0 Å². The van der Waals surface area contributed by atoms with E-state index in [9.17, 15) is 0 Å². The smallest absolute Gasteiger partial charge is 0.0562 e. The van der Waals surface area contributed by atoms with Crippen LogP contribution in [0.15, 0.2) is 18.5 Å². The molecule has 0 fully saturated rings. The Bertz CT molecular complexity index is 287. The molecule has 0 saturated carbocycles. The van der Waals surface area contributed by atoms with Crippen molar-refractivity contribution in [1.29, 1.82) is 0 Å². The summed E-state index contributed by atoms with van der Waals surface area (Å²) in [6.07, 6.45) is 8.11. The van der Waals surface area contributed by atoms with Gasteiger partial charge in [0.15, 0.2) is 0 Å². The summed E-state index contributed by atoms with van der Waals surface area (Å²) in [5, 5.41) is 4.24. The van der Waals surface area contributed by atoms with Crippen LogP contribution in [0.1, 0.15) is 32.4 Å². The van der Waals surface area contributed by atoms with Crippen molar-refractivity contribution in [2.24, 2.45) is 0 Å². The second-order valence-electron chi connectivity index (χ2n) is 3.38. The molecule has 0 radical (unpaired) electrons. The van der Waals surface area contributed by atoms with Crippen LogP contribution in [0.5, 0.6) is 0 Å². The lowest BCUT2D eigenvalue weighted by Gasteiger charge is -2.02. The molecule has 0 aliphatic carbocycles. The minimum atomic E-state index is 0.412. The van der Waals surface area contributed by atoms with Crippen LogP contribution in [-0.2, 0) is 0 Å². The van der Waals surface area contributed by atoms with Crippen LogP contribution in [-0.4, -0.2) is 14.6 Å². The van der Waals surface area contributed by atoms with Crippen molar-refractivity contribution in [1.82, 2.24) is 9.78 Å². The Kier molecular flexibility index (Phi) is 3.72. The highest BCUT2D eigenvalue weighted by atomic mass is 79.9. The fraction of sp³-hybridized carbons (Fsp3) is 0.500. The average molecular weight is 243 g/mol. The van der Waals surface area contributed by atoms with Gasteiger partial charge in [-0.05, 0) is 20.8 Å². The molecule has 0 bridgehead atoms. The number of allylic oxidation sites excluding steroid dienone is 1. The van der Waals surface area contributed by atoms with Crippen LogP contribution in [0.4, 0.5) is 0 Å². The van der Waals surface area contributed by atoms with E-state index in [-0.39, 0.29) is 0 Å². The zero-order chi connectivity index (χ0) is 9.84.